The molecule has 0 aliphatic heterocycles. The second-order valence-electron chi connectivity index (χ2n) is 5.68. The molecule has 1 aliphatic rings. The van der Waals surface area contributed by atoms with Crippen LogP contribution in [0, 0.1) is 5.92 Å². The Kier molecular flexibility index (Phi) is 5.75. The van der Waals surface area contributed by atoms with Crippen molar-refractivity contribution in [1.82, 2.24) is 10.3 Å². The van der Waals surface area contributed by atoms with Crippen LogP contribution in [-0.2, 0) is 13.5 Å². The fourth-order valence-corrected chi connectivity index (χ4v) is 3.12. The SMILES string of the molecule is CNC(O)c1c(O)c(=O)[nH]c(CC2C=C(C(F)(F)F)C=CC2Br)[n+]1C. The van der Waals surface area contributed by atoms with Crippen LogP contribution in [0.2, 0.25) is 0 Å². The highest BCUT2D eigenvalue weighted by Crippen LogP contribution is 2.34. The maximum Gasteiger partial charge on any atom is 0.416 e. The topological polar surface area (TPSA) is 89.2 Å². The van der Waals surface area contributed by atoms with Gasteiger partial charge in [-0.05, 0) is 7.05 Å². The molecule has 0 spiro atoms. The average molecular weight is 425 g/mol. The molecule has 10 heteroatoms. The van der Waals surface area contributed by atoms with E-state index in [2.05, 4.69) is 26.2 Å². The van der Waals surface area contributed by atoms with Crippen LogP contribution in [0.25, 0.3) is 0 Å². The highest BCUT2D eigenvalue weighted by Gasteiger charge is 2.36. The summed E-state index contributed by atoms with van der Waals surface area (Å²) in [4.78, 5) is 14.0. The van der Waals surface area contributed by atoms with Gasteiger partial charge in [0.15, 0.2) is 11.9 Å². The molecule has 0 bridgehead atoms. The van der Waals surface area contributed by atoms with Crippen LogP contribution < -0.4 is 15.4 Å². The Morgan fingerprint density at radius 2 is 2.12 bits per heavy atom. The minimum Gasteiger partial charge on any atom is -0.499 e. The summed E-state index contributed by atoms with van der Waals surface area (Å²) >= 11 is 3.31. The molecule has 1 heterocycles. The molecule has 6 nitrogen and oxygen atoms in total. The van der Waals surface area contributed by atoms with Crippen molar-refractivity contribution in [1.29, 1.82) is 0 Å². The predicted octanol–water partition coefficient (Wildman–Crippen LogP) is 1.10. The number of H-pyrrole nitrogens is 1. The summed E-state index contributed by atoms with van der Waals surface area (Å²) < 4.78 is 40.1. The zero-order chi connectivity index (χ0) is 18.9. The number of rotatable bonds is 4. The summed E-state index contributed by atoms with van der Waals surface area (Å²) in [7, 11) is 2.93. The lowest BCUT2D eigenvalue weighted by Gasteiger charge is -2.22. The van der Waals surface area contributed by atoms with E-state index in [0.717, 1.165) is 12.2 Å². The Bertz CT molecular complexity index is 774. The zero-order valence-corrected chi connectivity index (χ0v) is 15.0. The molecule has 3 atom stereocenters. The van der Waals surface area contributed by atoms with Gasteiger partial charge >= 0.3 is 11.7 Å². The molecule has 0 fully saturated rings. The smallest absolute Gasteiger partial charge is 0.416 e. The van der Waals surface area contributed by atoms with Crippen LogP contribution in [0.15, 0.2) is 28.6 Å². The molecule has 0 amide bonds. The van der Waals surface area contributed by atoms with E-state index in [1.54, 1.807) is 0 Å². The van der Waals surface area contributed by atoms with Gasteiger partial charge in [-0.15, -0.1) is 0 Å². The predicted molar refractivity (Wildman–Crippen MR) is 87.1 cm³/mol. The monoisotopic (exact) mass is 424 g/mol. The molecule has 138 valence electrons. The maximum absolute atomic E-state index is 12.9. The number of hydrogen-bond donors (Lipinski definition) is 4. The van der Waals surface area contributed by atoms with Crippen molar-refractivity contribution in [2.75, 3.05) is 7.05 Å². The Balaban J connectivity index is 2.43. The number of allylic oxidation sites excluding steroid dienone is 4. The molecule has 1 aromatic rings. The number of aromatic nitrogens is 2. The maximum atomic E-state index is 12.9. The number of nitrogens with zero attached hydrogens (tertiary/aromatic N) is 1. The van der Waals surface area contributed by atoms with Crippen molar-refractivity contribution in [3.8, 4) is 5.75 Å². The number of nitrogens with one attached hydrogen (secondary N) is 2. The molecule has 0 radical (unpaired) electrons. The van der Waals surface area contributed by atoms with Gasteiger partial charge in [0.25, 0.3) is 11.6 Å². The van der Waals surface area contributed by atoms with Crippen molar-refractivity contribution in [2.45, 2.75) is 23.7 Å². The summed E-state index contributed by atoms with van der Waals surface area (Å²) in [6, 6.07) is 0. The highest BCUT2D eigenvalue weighted by molar-refractivity contribution is 9.09. The van der Waals surface area contributed by atoms with Crippen LogP contribution >= 0.6 is 15.9 Å². The standard InChI is InChI=1S/C15H17BrF3N3O3/c1-20-13(24)11-12(23)14(25)21-10(22(11)2)6-7-5-8(15(17,18)19)3-4-9(7)16/h3-5,7,9,13,20,23-24H,6H2,1-2H3/p+1. The molecule has 25 heavy (non-hydrogen) atoms. The summed E-state index contributed by atoms with van der Waals surface area (Å²) in [6.45, 7) is 0. The molecule has 0 aromatic carbocycles. The van der Waals surface area contributed by atoms with Crippen LogP contribution in [0.5, 0.6) is 5.75 Å². The van der Waals surface area contributed by atoms with Crippen LogP contribution in [0.3, 0.4) is 0 Å². The zero-order valence-electron chi connectivity index (χ0n) is 13.4. The molecule has 0 saturated carbocycles. The van der Waals surface area contributed by atoms with Gasteiger partial charge in [0.1, 0.15) is 0 Å². The molecule has 0 saturated heterocycles. The van der Waals surface area contributed by atoms with Crippen molar-refractivity contribution >= 4 is 15.9 Å². The third-order valence-electron chi connectivity index (χ3n) is 4.03. The fraction of sp³-hybridized carbons (Fsp3) is 0.467. The molecule has 2 rings (SSSR count). The Morgan fingerprint density at radius 1 is 1.48 bits per heavy atom. The van der Waals surface area contributed by atoms with Crippen LogP contribution in [0.4, 0.5) is 13.2 Å². The number of aromatic amines is 1. The number of aromatic hydroxyl groups is 1. The number of aliphatic hydroxyl groups excluding tert-OH is 1. The minimum atomic E-state index is -4.46. The third-order valence-corrected chi connectivity index (χ3v) is 5.02. The summed E-state index contributed by atoms with van der Waals surface area (Å²) in [5.41, 5.74) is -1.65. The van der Waals surface area contributed by atoms with E-state index in [9.17, 15) is 28.2 Å². The highest BCUT2D eigenvalue weighted by atomic mass is 79.9. The van der Waals surface area contributed by atoms with Crippen molar-refractivity contribution in [3.63, 3.8) is 0 Å². The van der Waals surface area contributed by atoms with Crippen molar-refractivity contribution < 1.29 is 28.0 Å². The Hall–Kier alpha value is -1.65. The van der Waals surface area contributed by atoms with E-state index >= 15 is 0 Å². The lowest BCUT2D eigenvalue weighted by molar-refractivity contribution is -0.694. The van der Waals surface area contributed by atoms with Gasteiger partial charge in [-0.25, -0.2) is 14.3 Å². The van der Waals surface area contributed by atoms with E-state index < -0.39 is 35.2 Å². The van der Waals surface area contributed by atoms with Gasteiger partial charge in [-0.2, -0.15) is 13.2 Å². The van der Waals surface area contributed by atoms with Crippen LogP contribution in [-0.4, -0.2) is 33.2 Å². The lowest BCUT2D eigenvalue weighted by atomic mass is 9.92. The molecule has 4 N–H and O–H groups in total. The molecule has 1 aromatic heterocycles. The number of aliphatic hydroxyl groups is 1. The lowest BCUT2D eigenvalue weighted by Crippen LogP contribution is -2.46. The van der Waals surface area contributed by atoms with Gasteiger partial charge in [0, 0.05) is 10.7 Å². The fourth-order valence-electron chi connectivity index (χ4n) is 2.63. The summed E-state index contributed by atoms with van der Waals surface area (Å²) in [5, 5.41) is 22.3. The van der Waals surface area contributed by atoms with E-state index in [-0.39, 0.29) is 22.8 Å². The number of alkyl halides is 4. The van der Waals surface area contributed by atoms with E-state index in [1.807, 2.05) is 0 Å². The van der Waals surface area contributed by atoms with Crippen molar-refractivity contribution in [3.05, 3.63) is 45.7 Å². The molecular weight excluding hydrogens is 407 g/mol. The second-order valence-corrected chi connectivity index (χ2v) is 6.73. The van der Waals surface area contributed by atoms with Crippen molar-refractivity contribution in [2.24, 2.45) is 13.0 Å². The van der Waals surface area contributed by atoms with E-state index in [1.165, 1.54) is 24.7 Å². The first-order chi connectivity index (χ1) is 11.6. The minimum absolute atomic E-state index is 0.0648. The number of hydrogen-bond acceptors (Lipinski definition) is 4. The molecule has 1 aliphatic carbocycles. The van der Waals surface area contributed by atoms with Gasteiger partial charge in [-0.3, -0.25) is 5.32 Å². The van der Waals surface area contributed by atoms with E-state index in [0.29, 0.717) is 0 Å². The molecule has 3 unspecified atom stereocenters. The van der Waals surface area contributed by atoms with Crippen LogP contribution in [0.1, 0.15) is 17.7 Å². The third kappa shape index (κ3) is 4.13. The average Bonchev–Trinajstić information content (AvgIpc) is 2.53. The van der Waals surface area contributed by atoms with Gasteiger partial charge in [0.2, 0.25) is 0 Å². The van der Waals surface area contributed by atoms with E-state index in [4.69, 9.17) is 0 Å². The normalized spacial score (nSPS) is 22.0. The van der Waals surface area contributed by atoms with Gasteiger partial charge in [-0.1, -0.05) is 34.2 Å². The largest absolute Gasteiger partial charge is 0.499 e. The number of halogens is 4. The first kappa shape index (κ1) is 19.7. The summed E-state index contributed by atoms with van der Waals surface area (Å²) in [5.74, 6) is -0.958. The quantitative estimate of drug-likeness (QED) is 0.331. The first-order valence-electron chi connectivity index (χ1n) is 7.37. The van der Waals surface area contributed by atoms with Gasteiger partial charge < -0.3 is 10.2 Å². The molecular formula is C15H18BrF3N3O3+. The Labute approximate surface area is 149 Å². The summed E-state index contributed by atoms with van der Waals surface area (Å²) in [6.07, 6.45) is -2.20. The Morgan fingerprint density at radius 3 is 2.68 bits per heavy atom. The first-order valence-corrected chi connectivity index (χ1v) is 8.28. The second kappa shape index (κ2) is 7.30. The van der Waals surface area contributed by atoms with Gasteiger partial charge in [0.05, 0.1) is 19.0 Å².